The molecule has 18 heavy (non-hydrogen) atoms. The molecule has 0 spiro atoms. The van der Waals surface area contributed by atoms with Crippen molar-refractivity contribution in [2.24, 2.45) is 5.73 Å². The molecule has 0 aromatic heterocycles. The van der Waals surface area contributed by atoms with E-state index in [2.05, 4.69) is 0 Å². The Bertz CT molecular complexity index is 528. The summed E-state index contributed by atoms with van der Waals surface area (Å²) in [6.07, 6.45) is 0. The minimum Gasteiger partial charge on any atom is -0.326 e. The zero-order valence-electron chi connectivity index (χ0n) is 9.80. The lowest BCUT2D eigenvalue weighted by Gasteiger charge is -2.26. The third-order valence-corrected chi connectivity index (χ3v) is 5.76. The average molecular weight is 290 g/mol. The van der Waals surface area contributed by atoms with E-state index in [0.717, 1.165) is 17.6 Å². The predicted molar refractivity (Wildman–Crippen MR) is 70.4 cm³/mol. The van der Waals surface area contributed by atoms with E-state index >= 15 is 0 Å². The molecule has 2 N–H and O–H groups in total. The molecular formula is C11H15FN2O2S2. The molecule has 0 bridgehead atoms. The highest BCUT2D eigenvalue weighted by Crippen LogP contribution is 2.23. The van der Waals surface area contributed by atoms with Crippen molar-refractivity contribution in [3.8, 4) is 0 Å². The lowest BCUT2D eigenvalue weighted by Crippen LogP contribution is -2.38. The fourth-order valence-corrected chi connectivity index (χ4v) is 4.68. The topological polar surface area (TPSA) is 63.4 Å². The van der Waals surface area contributed by atoms with Crippen LogP contribution in [0.5, 0.6) is 0 Å². The highest BCUT2D eigenvalue weighted by Gasteiger charge is 2.28. The van der Waals surface area contributed by atoms with Crippen molar-refractivity contribution in [1.29, 1.82) is 0 Å². The lowest BCUT2D eigenvalue weighted by molar-refractivity contribution is 0.442. The van der Waals surface area contributed by atoms with Gasteiger partial charge in [-0.3, -0.25) is 0 Å². The van der Waals surface area contributed by atoms with E-state index in [1.54, 1.807) is 11.8 Å². The maximum absolute atomic E-state index is 13.3. The molecule has 0 atom stereocenters. The number of sulfonamides is 1. The summed E-state index contributed by atoms with van der Waals surface area (Å²) in [6, 6.07) is 3.72. The number of halogens is 1. The molecule has 2 rings (SSSR count). The molecule has 1 aromatic carbocycles. The van der Waals surface area contributed by atoms with Crippen molar-refractivity contribution in [3.63, 3.8) is 0 Å². The molecule has 0 aliphatic carbocycles. The van der Waals surface area contributed by atoms with Gasteiger partial charge in [0.15, 0.2) is 0 Å². The maximum Gasteiger partial charge on any atom is 0.243 e. The first-order chi connectivity index (χ1) is 8.55. The number of hydrogen-bond donors (Lipinski definition) is 1. The number of benzene rings is 1. The molecular weight excluding hydrogens is 275 g/mol. The molecule has 100 valence electrons. The summed E-state index contributed by atoms with van der Waals surface area (Å²) in [5.41, 5.74) is 5.97. The standard InChI is InChI=1S/C11H15FN2O2S2/c12-10-2-1-9(8-13)11(7-10)18(15,16)14-3-5-17-6-4-14/h1-2,7H,3-6,8,13H2. The van der Waals surface area contributed by atoms with E-state index in [4.69, 9.17) is 5.73 Å². The van der Waals surface area contributed by atoms with E-state index in [-0.39, 0.29) is 11.4 Å². The Balaban J connectivity index is 2.42. The lowest BCUT2D eigenvalue weighted by atomic mass is 10.2. The quantitative estimate of drug-likeness (QED) is 0.903. The number of hydrogen-bond acceptors (Lipinski definition) is 4. The summed E-state index contributed by atoms with van der Waals surface area (Å²) in [6.45, 7) is 1.01. The summed E-state index contributed by atoms with van der Waals surface area (Å²) >= 11 is 1.72. The van der Waals surface area contributed by atoms with Gasteiger partial charge in [-0.1, -0.05) is 6.07 Å². The van der Waals surface area contributed by atoms with Gasteiger partial charge in [0, 0.05) is 31.1 Å². The SMILES string of the molecule is NCc1ccc(F)cc1S(=O)(=O)N1CCSCC1. The van der Waals surface area contributed by atoms with Gasteiger partial charge in [-0.2, -0.15) is 16.1 Å². The maximum atomic E-state index is 13.3. The molecule has 1 fully saturated rings. The average Bonchev–Trinajstić information content (AvgIpc) is 2.39. The van der Waals surface area contributed by atoms with Crippen LogP contribution in [0.3, 0.4) is 0 Å². The molecule has 1 saturated heterocycles. The van der Waals surface area contributed by atoms with Gasteiger partial charge in [0.25, 0.3) is 0 Å². The van der Waals surface area contributed by atoms with E-state index in [1.165, 1.54) is 16.4 Å². The van der Waals surface area contributed by atoms with Crippen LogP contribution in [0, 0.1) is 5.82 Å². The van der Waals surface area contributed by atoms with E-state index in [1.807, 2.05) is 0 Å². The van der Waals surface area contributed by atoms with Crippen molar-refractivity contribution in [3.05, 3.63) is 29.6 Å². The third kappa shape index (κ3) is 2.69. The minimum atomic E-state index is -3.63. The summed E-state index contributed by atoms with van der Waals surface area (Å²) in [4.78, 5) is -0.00287. The second-order valence-electron chi connectivity index (χ2n) is 3.97. The molecule has 1 heterocycles. The van der Waals surface area contributed by atoms with Crippen molar-refractivity contribution in [2.75, 3.05) is 24.6 Å². The van der Waals surface area contributed by atoms with Gasteiger partial charge in [-0.25, -0.2) is 12.8 Å². The van der Waals surface area contributed by atoms with Gasteiger partial charge in [0.2, 0.25) is 10.0 Å². The van der Waals surface area contributed by atoms with E-state index in [0.29, 0.717) is 18.7 Å². The Kier molecular flexibility index (Phi) is 4.26. The number of nitrogens with two attached hydrogens (primary N) is 1. The normalized spacial score (nSPS) is 17.9. The largest absolute Gasteiger partial charge is 0.326 e. The predicted octanol–water partition coefficient (Wildman–Crippen LogP) is 1.02. The van der Waals surface area contributed by atoms with Gasteiger partial charge in [0.05, 0.1) is 4.90 Å². The third-order valence-electron chi connectivity index (χ3n) is 2.84. The number of nitrogens with zero attached hydrogens (tertiary/aromatic N) is 1. The van der Waals surface area contributed by atoms with Crippen LogP contribution in [0.25, 0.3) is 0 Å². The van der Waals surface area contributed by atoms with Crippen LogP contribution in [0.1, 0.15) is 5.56 Å². The molecule has 1 aromatic rings. The van der Waals surface area contributed by atoms with Crippen LogP contribution in [0.4, 0.5) is 4.39 Å². The Labute approximate surface area is 110 Å². The van der Waals surface area contributed by atoms with Gasteiger partial charge in [0.1, 0.15) is 5.82 Å². The van der Waals surface area contributed by atoms with Crippen LogP contribution < -0.4 is 5.73 Å². The first kappa shape index (κ1) is 13.8. The smallest absolute Gasteiger partial charge is 0.243 e. The zero-order chi connectivity index (χ0) is 13.2. The summed E-state index contributed by atoms with van der Waals surface area (Å²) < 4.78 is 39.5. The van der Waals surface area contributed by atoms with Gasteiger partial charge in [-0.15, -0.1) is 0 Å². The summed E-state index contributed by atoms with van der Waals surface area (Å²) in [5.74, 6) is 0.982. The zero-order valence-corrected chi connectivity index (χ0v) is 11.4. The van der Waals surface area contributed by atoms with Crippen molar-refractivity contribution in [2.45, 2.75) is 11.4 Å². The molecule has 0 saturated carbocycles. The fourth-order valence-electron chi connectivity index (χ4n) is 1.86. The van der Waals surface area contributed by atoms with Crippen LogP contribution in [0.2, 0.25) is 0 Å². The first-order valence-electron chi connectivity index (χ1n) is 5.62. The van der Waals surface area contributed by atoms with E-state index in [9.17, 15) is 12.8 Å². The monoisotopic (exact) mass is 290 g/mol. The molecule has 4 nitrogen and oxygen atoms in total. The Morgan fingerprint density at radius 2 is 2.00 bits per heavy atom. The first-order valence-corrected chi connectivity index (χ1v) is 8.21. The van der Waals surface area contributed by atoms with E-state index < -0.39 is 15.8 Å². The molecule has 1 aliphatic heterocycles. The van der Waals surface area contributed by atoms with Crippen molar-refractivity contribution >= 4 is 21.8 Å². The molecule has 1 aliphatic rings. The highest BCUT2D eigenvalue weighted by molar-refractivity contribution is 7.99. The fraction of sp³-hybridized carbons (Fsp3) is 0.455. The second-order valence-corrected chi connectivity index (χ2v) is 7.10. The Hall–Kier alpha value is -0.630. The number of rotatable bonds is 3. The molecule has 7 heteroatoms. The van der Waals surface area contributed by atoms with Crippen molar-refractivity contribution < 1.29 is 12.8 Å². The van der Waals surface area contributed by atoms with Crippen LogP contribution in [-0.2, 0) is 16.6 Å². The number of thioether (sulfide) groups is 1. The Morgan fingerprint density at radius 3 is 2.61 bits per heavy atom. The molecule has 0 unspecified atom stereocenters. The Morgan fingerprint density at radius 1 is 1.33 bits per heavy atom. The molecule has 0 amide bonds. The van der Waals surface area contributed by atoms with Gasteiger partial charge in [-0.05, 0) is 17.7 Å². The second kappa shape index (κ2) is 5.56. The molecule has 0 radical (unpaired) electrons. The van der Waals surface area contributed by atoms with Crippen LogP contribution >= 0.6 is 11.8 Å². The minimum absolute atomic E-state index is 0.00287. The summed E-state index contributed by atoms with van der Waals surface area (Å²) in [7, 11) is -3.63. The van der Waals surface area contributed by atoms with Crippen LogP contribution in [0.15, 0.2) is 23.1 Å². The van der Waals surface area contributed by atoms with Crippen molar-refractivity contribution in [1.82, 2.24) is 4.31 Å². The summed E-state index contributed by atoms with van der Waals surface area (Å²) in [5, 5.41) is 0. The highest BCUT2D eigenvalue weighted by atomic mass is 32.2. The van der Waals surface area contributed by atoms with Gasteiger partial charge < -0.3 is 5.73 Å². The van der Waals surface area contributed by atoms with Gasteiger partial charge >= 0.3 is 0 Å². The van der Waals surface area contributed by atoms with Crippen LogP contribution in [-0.4, -0.2) is 37.3 Å².